The lowest BCUT2D eigenvalue weighted by Crippen LogP contribution is -2.48. The lowest BCUT2D eigenvalue weighted by molar-refractivity contribution is -0.136. The highest BCUT2D eigenvalue weighted by Gasteiger charge is 2.33. The van der Waals surface area contributed by atoms with E-state index in [2.05, 4.69) is 11.4 Å². The Kier molecular flexibility index (Phi) is 9.95. The molecule has 2 aromatic rings. The van der Waals surface area contributed by atoms with Crippen molar-refractivity contribution in [2.75, 3.05) is 60.2 Å². The summed E-state index contributed by atoms with van der Waals surface area (Å²) in [6.45, 7) is 3.23. The number of carbonyl (C=O) groups is 1. The lowest BCUT2D eigenvalue weighted by atomic mass is 10.0. The summed E-state index contributed by atoms with van der Waals surface area (Å²) in [4.78, 5) is 18.7. The van der Waals surface area contributed by atoms with E-state index >= 15 is 0 Å². The van der Waals surface area contributed by atoms with Gasteiger partial charge in [-0.15, -0.1) is 11.3 Å². The van der Waals surface area contributed by atoms with Crippen molar-refractivity contribution in [1.29, 1.82) is 0 Å². The number of rotatable bonds is 13. The number of para-hydroxylation sites is 1. The minimum absolute atomic E-state index is 0.0468. The van der Waals surface area contributed by atoms with Crippen LogP contribution >= 0.6 is 11.3 Å². The van der Waals surface area contributed by atoms with Gasteiger partial charge in [0.2, 0.25) is 5.91 Å². The fourth-order valence-corrected chi connectivity index (χ4v) is 4.99. The highest BCUT2D eigenvalue weighted by atomic mass is 32.1. The summed E-state index contributed by atoms with van der Waals surface area (Å²) in [5, 5.41) is 12.3. The van der Waals surface area contributed by atoms with Crippen LogP contribution in [0, 0.1) is 0 Å². The molecule has 7 nitrogen and oxygen atoms in total. The van der Waals surface area contributed by atoms with Crippen LogP contribution in [0.4, 0.5) is 0 Å². The molecule has 1 aliphatic heterocycles. The predicted molar refractivity (Wildman–Crippen MR) is 125 cm³/mol. The number of benzene rings is 1. The number of carbonyl (C=O) groups excluding carboxylic acids is 1. The summed E-state index contributed by atoms with van der Waals surface area (Å²) in [5.74, 6) is 0.844. The van der Waals surface area contributed by atoms with Crippen LogP contribution in [0.25, 0.3) is 0 Å². The van der Waals surface area contributed by atoms with Gasteiger partial charge in [0.1, 0.15) is 12.4 Å². The maximum atomic E-state index is 13.4. The third-order valence-corrected chi connectivity index (χ3v) is 6.57. The molecule has 3 rings (SSSR count). The number of thiophene rings is 1. The minimum Gasteiger partial charge on any atom is -0.491 e. The summed E-state index contributed by atoms with van der Waals surface area (Å²) in [6, 6.07) is 11.7. The average molecular weight is 463 g/mol. The summed E-state index contributed by atoms with van der Waals surface area (Å²) in [7, 11) is 3.23. The Bertz CT molecular complexity index is 816. The van der Waals surface area contributed by atoms with Crippen LogP contribution in [-0.4, -0.2) is 87.1 Å². The van der Waals surface area contributed by atoms with E-state index in [-0.39, 0.29) is 25.1 Å². The summed E-state index contributed by atoms with van der Waals surface area (Å²) < 4.78 is 16.3. The van der Waals surface area contributed by atoms with Crippen LogP contribution in [0.1, 0.15) is 22.9 Å². The summed E-state index contributed by atoms with van der Waals surface area (Å²) >= 11 is 1.74. The predicted octanol–water partition coefficient (Wildman–Crippen LogP) is 2.60. The van der Waals surface area contributed by atoms with Crippen molar-refractivity contribution >= 4 is 17.2 Å². The first-order valence-electron chi connectivity index (χ1n) is 11.0. The fraction of sp³-hybridized carbons (Fsp3) is 0.542. The highest BCUT2D eigenvalue weighted by Crippen LogP contribution is 2.34. The lowest BCUT2D eigenvalue weighted by Gasteiger charge is -2.37. The number of aliphatic hydroxyl groups is 1. The van der Waals surface area contributed by atoms with Gasteiger partial charge in [0.15, 0.2) is 0 Å². The summed E-state index contributed by atoms with van der Waals surface area (Å²) in [5.41, 5.74) is 1.18. The zero-order chi connectivity index (χ0) is 22.8. The van der Waals surface area contributed by atoms with Crippen LogP contribution in [-0.2, 0) is 20.7 Å². The molecule has 2 heterocycles. The van der Waals surface area contributed by atoms with Gasteiger partial charge in [-0.05, 0) is 42.0 Å². The molecular weight excluding hydrogens is 428 g/mol. The van der Waals surface area contributed by atoms with Crippen molar-refractivity contribution < 1.29 is 24.1 Å². The number of nitrogens with zero attached hydrogens (tertiary/aromatic N) is 2. The van der Waals surface area contributed by atoms with E-state index in [1.807, 2.05) is 40.1 Å². The molecule has 1 amide bonds. The van der Waals surface area contributed by atoms with E-state index in [4.69, 9.17) is 14.2 Å². The van der Waals surface area contributed by atoms with Crippen LogP contribution in [0.2, 0.25) is 0 Å². The number of hydrogen-bond donors (Lipinski definition) is 1. The van der Waals surface area contributed by atoms with Gasteiger partial charge in [-0.25, -0.2) is 0 Å². The maximum absolute atomic E-state index is 13.4. The molecule has 1 aromatic heterocycles. The Morgan fingerprint density at radius 2 is 2.06 bits per heavy atom. The monoisotopic (exact) mass is 462 g/mol. The van der Waals surface area contributed by atoms with Gasteiger partial charge >= 0.3 is 0 Å². The van der Waals surface area contributed by atoms with Crippen LogP contribution < -0.4 is 4.74 Å². The summed E-state index contributed by atoms with van der Waals surface area (Å²) in [6.07, 6.45) is 1.01. The molecule has 0 aliphatic carbocycles. The van der Waals surface area contributed by atoms with Crippen molar-refractivity contribution in [2.24, 2.45) is 0 Å². The van der Waals surface area contributed by atoms with E-state index in [0.717, 1.165) is 18.6 Å². The molecule has 1 aromatic carbocycles. The molecule has 0 saturated carbocycles. The van der Waals surface area contributed by atoms with E-state index in [1.165, 1.54) is 10.4 Å². The number of fused-ring (bicyclic) bond motifs is 1. The van der Waals surface area contributed by atoms with Crippen molar-refractivity contribution in [3.8, 4) is 5.75 Å². The molecule has 0 bridgehead atoms. The van der Waals surface area contributed by atoms with Crippen LogP contribution in [0.5, 0.6) is 5.75 Å². The molecular formula is C24H34N2O5S. The molecule has 32 heavy (non-hydrogen) atoms. The number of methoxy groups -OCH3 is 2. The van der Waals surface area contributed by atoms with Crippen LogP contribution in [0.3, 0.4) is 0 Å². The van der Waals surface area contributed by atoms with Crippen molar-refractivity contribution in [2.45, 2.75) is 25.0 Å². The molecule has 0 radical (unpaired) electrons. The van der Waals surface area contributed by atoms with E-state index in [9.17, 15) is 9.90 Å². The molecule has 0 saturated heterocycles. The molecule has 0 unspecified atom stereocenters. The molecule has 8 heteroatoms. The van der Waals surface area contributed by atoms with Gasteiger partial charge in [-0.3, -0.25) is 9.69 Å². The van der Waals surface area contributed by atoms with Gasteiger partial charge < -0.3 is 24.2 Å². The second kappa shape index (κ2) is 12.9. The molecule has 2 atom stereocenters. The van der Waals surface area contributed by atoms with E-state index < -0.39 is 6.10 Å². The van der Waals surface area contributed by atoms with Crippen molar-refractivity contribution in [3.63, 3.8) is 0 Å². The van der Waals surface area contributed by atoms with E-state index in [1.54, 1.807) is 25.6 Å². The molecule has 1 aliphatic rings. The maximum Gasteiger partial charge on any atom is 0.237 e. The Morgan fingerprint density at radius 1 is 1.25 bits per heavy atom. The largest absolute Gasteiger partial charge is 0.491 e. The van der Waals surface area contributed by atoms with Crippen LogP contribution in [0.15, 0.2) is 41.8 Å². The number of amides is 1. The quantitative estimate of drug-likeness (QED) is 0.462. The average Bonchev–Trinajstić information content (AvgIpc) is 3.27. The standard InChI is InChI=1S/C24H34N2O5S/c1-29-13-6-11-25(15-19(27)17-30-2)16-24(28)26-12-9-23-21(10-14-32-23)22(26)18-31-20-7-4-3-5-8-20/h3-5,7-8,10,14,19,22,27H,6,9,11-13,15-18H2,1-2H3/t19-,22-/m1/s1. The molecule has 0 spiro atoms. The molecule has 176 valence electrons. The Balaban J connectivity index is 1.69. The van der Waals surface area contributed by atoms with Gasteiger partial charge in [0, 0.05) is 45.3 Å². The second-order valence-corrected chi connectivity index (χ2v) is 8.97. The van der Waals surface area contributed by atoms with E-state index in [0.29, 0.717) is 32.8 Å². The van der Waals surface area contributed by atoms with Gasteiger partial charge in [-0.1, -0.05) is 18.2 Å². The number of hydrogen-bond acceptors (Lipinski definition) is 7. The molecule has 0 fully saturated rings. The first kappa shape index (κ1) is 24.7. The second-order valence-electron chi connectivity index (χ2n) is 7.97. The number of aliphatic hydroxyl groups excluding tert-OH is 1. The molecule has 1 N–H and O–H groups in total. The Labute approximate surface area is 194 Å². The van der Waals surface area contributed by atoms with Crippen molar-refractivity contribution in [1.82, 2.24) is 9.80 Å². The fourth-order valence-electron chi connectivity index (χ4n) is 4.06. The first-order valence-corrected chi connectivity index (χ1v) is 11.9. The van der Waals surface area contributed by atoms with Crippen molar-refractivity contribution in [3.05, 3.63) is 52.2 Å². The number of ether oxygens (including phenoxy) is 3. The van der Waals surface area contributed by atoms with Gasteiger partial charge in [0.25, 0.3) is 0 Å². The van der Waals surface area contributed by atoms with Gasteiger partial charge in [-0.2, -0.15) is 0 Å². The smallest absolute Gasteiger partial charge is 0.237 e. The zero-order valence-electron chi connectivity index (χ0n) is 18.9. The zero-order valence-corrected chi connectivity index (χ0v) is 19.8. The minimum atomic E-state index is -0.641. The third kappa shape index (κ3) is 7.02. The SMILES string of the molecule is COCCCN(CC(=O)N1CCc2sccc2[C@H]1COc1ccccc1)C[C@@H](O)COC. The normalized spacial score (nSPS) is 16.8. The third-order valence-electron chi connectivity index (χ3n) is 5.58. The first-order chi connectivity index (χ1) is 15.6. The Morgan fingerprint density at radius 3 is 2.81 bits per heavy atom. The van der Waals surface area contributed by atoms with Gasteiger partial charge in [0.05, 0.1) is 25.3 Å². The topological polar surface area (TPSA) is 71.5 Å². The highest BCUT2D eigenvalue weighted by molar-refractivity contribution is 7.10. The Hall–Kier alpha value is -1.97.